The van der Waals surface area contributed by atoms with Crippen LogP contribution >= 0.6 is 0 Å². The third-order valence-corrected chi connectivity index (χ3v) is 3.46. The second-order valence-electron chi connectivity index (χ2n) is 5.17. The molecule has 124 valence electrons. The maximum absolute atomic E-state index is 14.6. The Hall–Kier alpha value is -2.03. The molecule has 2 rings (SSSR count). The van der Waals surface area contributed by atoms with Gasteiger partial charge in [0.25, 0.3) is 0 Å². The standard InChI is InChI=1S/C14H12F2.C6H11F/c15-11-14(16,12-7-3-1-4-8-12)13-9-5-2-6-10-13;1-2-3-4-5-6-7/h1-10H,11H2;5-6H,2-4H2,1H3. The van der Waals surface area contributed by atoms with Crippen molar-refractivity contribution in [2.45, 2.75) is 31.9 Å². The van der Waals surface area contributed by atoms with Crippen molar-refractivity contribution in [1.82, 2.24) is 0 Å². The molecular weight excluding hydrogens is 297 g/mol. The highest BCUT2D eigenvalue weighted by molar-refractivity contribution is 5.36. The molecule has 0 fully saturated rings. The van der Waals surface area contributed by atoms with E-state index in [0.29, 0.717) is 17.5 Å². The van der Waals surface area contributed by atoms with E-state index >= 15 is 0 Å². The minimum absolute atomic E-state index is 0.351. The summed E-state index contributed by atoms with van der Waals surface area (Å²) in [6.45, 7) is 1.03. The molecule has 2 aromatic carbocycles. The van der Waals surface area contributed by atoms with Crippen LogP contribution in [0.1, 0.15) is 37.3 Å². The van der Waals surface area contributed by atoms with Gasteiger partial charge in [-0.15, -0.1) is 0 Å². The van der Waals surface area contributed by atoms with E-state index in [1.165, 1.54) is 0 Å². The summed E-state index contributed by atoms with van der Waals surface area (Å²) in [7, 11) is 0. The van der Waals surface area contributed by atoms with Gasteiger partial charge in [0.2, 0.25) is 0 Å². The number of halogens is 3. The summed E-state index contributed by atoms with van der Waals surface area (Å²) < 4.78 is 38.8. The molecule has 0 nitrogen and oxygen atoms in total. The van der Waals surface area contributed by atoms with Gasteiger partial charge in [-0.25, -0.2) is 13.2 Å². The van der Waals surface area contributed by atoms with Gasteiger partial charge in [-0.05, 0) is 24.0 Å². The molecule has 2 aromatic rings. The van der Waals surface area contributed by atoms with Crippen LogP contribution < -0.4 is 0 Å². The number of rotatable bonds is 6. The van der Waals surface area contributed by atoms with E-state index in [4.69, 9.17) is 0 Å². The van der Waals surface area contributed by atoms with Gasteiger partial charge in [-0.3, -0.25) is 0 Å². The van der Waals surface area contributed by atoms with Gasteiger partial charge in [0.05, 0.1) is 6.33 Å². The van der Waals surface area contributed by atoms with Gasteiger partial charge in [-0.2, -0.15) is 0 Å². The summed E-state index contributed by atoms with van der Waals surface area (Å²) in [5.41, 5.74) is -1.34. The van der Waals surface area contributed by atoms with Gasteiger partial charge in [0.15, 0.2) is 5.67 Å². The molecule has 0 aliphatic rings. The van der Waals surface area contributed by atoms with E-state index in [9.17, 15) is 13.2 Å². The average molecular weight is 320 g/mol. The Morgan fingerprint density at radius 1 is 0.913 bits per heavy atom. The fourth-order valence-corrected chi connectivity index (χ4v) is 2.11. The Balaban J connectivity index is 0.000000322. The molecule has 0 aliphatic carbocycles. The highest BCUT2D eigenvalue weighted by Crippen LogP contribution is 2.34. The SMILES string of the molecule is CCCCC=CF.FCC(F)(c1ccccc1)c1ccccc1. The van der Waals surface area contributed by atoms with E-state index in [1.807, 2.05) is 0 Å². The highest BCUT2D eigenvalue weighted by Gasteiger charge is 2.33. The first kappa shape index (κ1) is 19.0. The van der Waals surface area contributed by atoms with E-state index in [2.05, 4.69) is 6.92 Å². The van der Waals surface area contributed by atoms with Crippen LogP contribution in [0, 0.1) is 0 Å². The molecule has 0 spiro atoms. The van der Waals surface area contributed by atoms with Crippen molar-refractivity contribution in [3.05, 3.63) is 84.2 Å². The number of unbranched alkanes of at least 4 members (excludes halogenated alkanes) is 2. The smallest absolute Gasteiger partial charge is 0.189 e. The molecule has 0 aliphatic heterocycles. The van der Waals surface area contributed by atoms with E-state index in [-0.39, 0.29) is 0 Å². The van der Waals surface area contributed by atoms with Crippen molar-refractivity contribution < 1.29 is 13.2 Å². The van der Waals surface area contributed by atoms with Gasteiger partial charge in [0.1, 0.15) is 6.67 Å². The van der Waals surface area contributed by atoms with Crippen LogP contribution in [-0.4, -0.2) is 6.67 Å². The molecule has 0 radical (unpaired) electrons. The predicted molar refractivity (Wildman–Crippen MR) is 90.5 cm³/mol. The monoisotopic (exact) mass is 320 g/mol. The lowest BCUT2D eigenvalue weighted by Gasteiger charge is -2.22. The van der Waals surface area contributed by atoms with E-state index in [1.54, 1.807) is 66.7 Å². The van der Waals surface area contributed by atoms with Gasteiger partial charge in [0, 0.05) is 0 Å². The topological polar surface area (TPSA) is 0 Å². The zero-order valence-electron chi connectivity index (χ0n) is 13.4. The molecule has 0 N–H and O–H groups in total. The Kier molecular flexibility index (Phi) is 8.81. The summed E-state index contributed by atoms with van der Waals surface area (Å²) in [5.74, 6) is 0. The summed E-state index contributed by atoms with van der Waals surface area (Å²) >= 11 is 0. The highest BCUT2D eigenvalue weighted by atomic mass is 19.2. The average Bonchev–Trinajstić information content (AvgIpc) is 2.63. The lowest BCUT2D eigenvalue weighted by atomic mass is 9.89. The van der Waals surface area contributed by atoms with Crippen LogP contribution in [0.2, 0.25) is 0 Å². The zero-order valence-corrected chi connectivity index (χ0v) is 13.4. The Labute approximate surface area is 136 Å². The summed E-state index contributed by atoms with van der Waals surface area (Å²) in [6, 6.07) is 16.8. The predicted octanol–water partition coefficient (Wildman–Crippen LogP) is 6.53. The molecule has 0 aromatic heterocycles. The van der Waals surface area contributed by atoms with Crippen molar-refractivity contribution in [2.75, 3.05) is 6.67 Å². The Morgan fingerprint density at radius 2 is 1.39 bits per heavy atom. The molecule has 0 saturated carbocycles. The third kappa shape index (κ3) is 5.93. The maximum atomic E-state index is 14.6. The first-order valence-corrected chi connectivity index (χ1v) is 7.80. The van der Waals surface area contributed by atoms with Crippen LogP contribution in [-0.2, 0) is 5.67 Å². The van der Waals surface area contributed by atoms with Crippen molar-refractivity contribution >= 4 is 0 Å². The first-order chi connectivity index (χ1) is 11.2. The lowest BCUT2D eigenvalue weighted by molar-refractivity contribution is 0.167. The normalized spacial score (nSPS) is 11.1. The van der Waals surface area contributed by atoms with Crippen LogP contribution in [0.5, 0.6) is 0 Å². The number of hydrogen-bond donors (Lipinski definition) is 0. The third-order valence-electron chi connectivity index (χ3n) is 3.46. The summed E-state index contributed by atoms with van der Waals surface area (Å²) in [5, 5.41) is 0. The molecular formula is C20H23F3. The number of hydrogen-bond acceptors (Lipinski definition) is 0. The largest absolute Gasteiger partial charge is 0.247 e. The number of alkyl halides is 2. The first-order valence-electron chi connectivity index (χ1n) is 7.80. The molecule has 0 bridgehead atoms. The summed E-state index contributed by atoms with van der Waals surface area (Å²) in [6.07, 6.45) is 5.27. The van der Waals surface area contributed by atoms with Crippen molar-refractivity contribution in [3.63, 3.8) is 0 Å². The minimum Gasteiger partial charge on any atom is -0.247 e. The second kappa shape index (κ2) is 10.7. The van der Waals surface area contributed by atoms with Crippen LogP contribution in [0.4, 0.5) is 13.2 Å². The molecule has 3 heteroatoms. The van der Waals surface area contributed by atoms with E-state index < -0.39 is 12.3 Å². The van der Waals surface area contributed by atoms with E-state index in [0.717, 1.165) is 19.3 Å². The minimum atomic E-state index is -2.04. The van der Waals surface area contributed by atoms with Gasteiger partial charge in [-0.1, -0.05) is 80.1 Å². The second-order valence-corrected chi connectivity index (χ2v) is 5.17. The number of allylic oxidation sites excluding steroid dienone is 1. The molecule has 0 amide bonds. The Bertz CT molecular complexity index is 510. The fourth-order valence-electron chi connectivity index (χ4n) is 2.11. The van der Waals surface area contributed by atoms with Crippen LogP contribution in [0.15, 0.2) is 73.1 Å². The molecule has 23 heavy (non-hydrogen) atoms. The van der Waals surface area contributed by atoms with Crippen LogP contribution in [0.25, 0.3) is 0 Å². The van der Waals surface area contributed by atoms with Crippen molar-refractivity contribution in [3.8, 4) is 0 Å². The summed E-state index contributed by atoms with van der Waals surface area (Å²) in [4.78, 5) is 0. The molecule has 0 atom stereocenters. The van der Waals surface area contributed by atoms with Gasteiger partial charge >= 0.3 is 0 Å². The lowest BCUT2D eigenvalue weighted by Crippen LogP contribution is -2.24. The molecule has 0 heterocycles. The number of benzene rings is 2. The van der Waals surface area contributed by atoms with Crippen molar-refractivity contribution in [2.24, 2.45) is 0 Å². The van der Waals surface area contributed by atoms with Crippen molar-refractivity contribution in [1.29, 1.82) is 0 Å². The molecule has 0 unspecified atom stereocenters. The fraction of sp³-hybridized carbons (Fsp3) is 0.300. The Morgan fingerprint density at radius 3 is 1.74 bits per heavy atom. The van der Waals surface area contributed by atoms with Gasteiger partial charge < -0.3 is 0 Å². The van der Waals surface area contributed by atoms with Crippen LogP contribution in [0.3, 0.4) is 0 Å². The maximum Gasteiger partial charge on any atom is 0.189 e. The zero-order chi connectivity index (χ0) is 17.0. The quantitative estimate of drug-likeness (QED) is 0.531. The molecule has 0 saturated heterocycles.